The Balaban J connectivity index is 1.93. The zero-order valence-corrected chi connectivity index (χ0v) is 18.6. The lowest BCUT2D eigenvalue weighted by atomic mass is 9.76. The molecule has 0 aliphatic heterocycles. The molecular formula is C23H28BrNO2S. The van der Waals surface area contributed by atoms with E-state index in [1.807, 2.05) is 60.7 Å². The van der Waals surface area contributed by atoms with E-state index < -0.39 is 15.8 Å². The second kappa shape index (κ2) is 9.86. The van der Waals surface area contributed by atoms with Crippen LogP contribution in [0.25, 0.3) is 0 Å². The summed E-state index contributed by atoms with van der Waals surface area (Å²) < 4.78 is 18.6. The topological polar surface area (TPSA) is 49.7 Å². The normalized spacial score (nSPS) is 19.8. The molecule has 2 aromatic rings. The van der Waals surface area contributed by atoms with Gasteiger partial charge in [0.25, 0.3) is 0 Å². The summed E-state index contributed by atoms with van der Waals surface area (Å²) in [6.07, 6.45) is 7.17. The van der Waals surface area contributed by atoms with Crippen molar-refractivity contribution in [1.82, 2.24) is 0 Å². The van der Waals surface area contributed by atoms with Crippen molar-refractivity contribution in [1.29, 1.82) is 0 Å². The number of rotatable bonds is 6. The summed E-state index contributed by atoms with van der Waals surface area (Å²) in [5.74, 6) is 0.313. The van der Waals surface area contributed by atoms with Gasteiger partial charge in [-0.15, -0.1) is 0 Å². The quantitative estimate of drug-likeness (QED) is 0.544. The van der Waals surface area contributed by atoms with Crippen molar-refractivity contribution in [2.75, 3.05) is 7.05 Å². The Hall–Kier alpha value is -1.43. The third kappa shape index (κ3) is 5.13. The molecule has 3 nitrogen and oxygen atoms in total. The van der Waals surface area contributed by atoms with Crippen LogP contribution in [0.2, 0.25) is 0 Å². The largest absolute Gasteiger partial charge is 0.388 e. The van der Waals surface area contributed by atoms with Gasteiger partial charge in [-0.3, -0.25) is 0 Å². The van der Waals surface area contributed by atoms with E-state index in [9.17, 15) is 9.32 Å². The average molecular weight is 462 g/mol. The first-order valence-corrected chi connectivity index (χ1v) is 12.2. The highest BCUT2D eigenvalue weighted by Gasteiger charge is 2.29. The maximum atomic E-state index is 13.4. The van der Waals surface area contributed by atoms with Gasteiger partial charge < -0.3 is 5.11 Å². The Morgan fingerprint density at radius 2 is 1.71 bits per heavy atom. The summed E-state index contributed by atoms with van der Waals surface area (Å²) in [6.45, 7) is 0. The van der Waals surface area contributed by atoms with Gasteiger partial charge in [-0.05, 0) is 48.6 Å². The number of aliphatic hydroxyl groups excluding tert-OH is 1. The predicted octanol–water partition coefficient (Wildman–Crippen LogP) is 6.35. The minimum atomic E-state index is -2.64. The number of hydrogen-bond acceptors (Lipinski definition) is 3. The van der Waals surface area contributed by atoms with E-state index in [1.165, 1.54) is 19.3 Å². The van der Waals surface area contributed by atoms with E-state index >= 15 is 0 Å². The number of aliphatic hydroxyl groups is 1. The van der Waals surface area contributed by atoms with Crippen LogP contribution in [0.4, 0.5) is 0 Å². The zero-order chi connectivity index (χ0) is 20.0. The summed E-state index contributed by atoms with van der Waals surface area (Å²) in [7, 11) is -1.04. The predicted molar refractivity (Wildman–Crippen MR) is 120 cm³/mol. The van der Waals surface area contributed by atoms with Crippen molar-refractivity contribution < 1.29 is 9.32 Å². The number of hydrogen-bond donors (Lipinski definition) is 1. The number of benzene rings is 2. The Morgan fingerprint density at radius 3 is 2.32 bits per heavy atom. The van der Waals surface area contributed by atoms with Crippen molar-refractivity contribution in [2.24, 2.45) is 16.2 Å². The van der Waals surface area contributed by atoms with E-state index in [4.69, 9.17) is 0 Å². The van der Waals surface area contributed by atoms with Gasteiger partial charge in [0.15, 0.2) is 0 Å². The Labute approximate surface area is 177 Å². The van der Waals surface area contributed by atoms with Gasteiger partial charge in [-0.25, -0.2) is 8.57 Å². The molecule has 0 aromatic heterocycles. The van der Waals surface area contributed by atoms with Crippen LogP contribution < -0.4 is 0 Å². The molecule has 28 heavy (non-hydrogen) atoms. The SMILES string of the molecule is CN=[S@](=O)(/C=C\[C@@H](C1CCCCC1)[C@@H](O)c1ccc(Br)cc1)c1ccccc1. The molecule has 5 heteroatoms. The van der Waals surface area contributed by atoms with Crippen LogP contribution in [-0.2, 0) is 9.73 Å². The van der Waals surface area contributed by atoms with Crippen molar-refractivity contribution in [3.8, 4) is 0 Å². The standard InChI is InChI=1S/C23H28BrNO2S/c1-25-28(27,21-10-6-3-7-11-21)17-16-22(18-8-4-2-5-9-18)23(26)19-12-14-20(24)15-13-19/h3,6-7,10-18,22-23,26H,2,4-5,8-9H2,1H3/b17-16-/t22-,23-,28-/m0/s1. The van der Waals surface area contributed by atoms with Gasteiger partial charge in [-0.2, -0.15) is 0 Å². The highest BCUT2D eigenvalue weighted by molar-refractivity contribution is 9.10. The van der Waals surface area contributed by atoms with Gasteiger partial charge >= 0.3 is 0 Å². The molecule has 1 N–H and O–H groups in total. The molecule has 1 aliphatic rings. The van der Waals surface area contributed by atoms with Crippen LogP contribution in [-0.4, -0.2) is 16.4 Å². The molecule has 0 heterocycles. The lowest BCUT2D eigenvalue weighted by Crippen LogP contribution is -2.23. The molecule has 0 spiro atoms. The molecule has 3 rings (SSSR count). The fourth-order valence-electron chi connectivity index (χ4n) is 3.98. The fraction of sp³-hybridized carbons (Fsp3) is 0.391. The molecule has 0 radical (unpaired) electrons. The summed E-state index contributed by atoms with van der Waals surface area (Å²) in [5.41, 5.74) is 0.892. The highest BCUT2D eigenvalue weighted by atomic mass is 79.9. The minimum absolute atomic E-state index is 0.0761. The average Bonchev–Trinajstić information content (AvgIpc) is 2.75. The van der Waals surface area contributed by atoms with Gasteiger partial charge in [0.05, 0.1) is 20.7 Å². The summed E-state index contributed by atoms with van der Waals surface area (Å²) in [4.78, 5) is 0.703. The van der Waals surface area contributed by atoms with Gasteiger partial charge in [0, 0.05) is 22.8 Å². The molecule has 0 amide bonds. The molecule has 1 saturated carbocycles. The summed E-state index contributed by atoms with van der Waals surface area (Å²) in [6, 6.07) is 17.2. The lowest BCUT2D eigenvalue weighted by Gasteiger charge is -2.32. The smallest absolute Gasteiger partial charge is 0.0963 e. The van der Waals surface area contributed by atoms with E-state index in [1.54, 1.807) is 12.5 Å². The first-order valence-electron chi connectivity index (χ1n) is 9.85. The second-order valence-electron chi connectivity index (χ2n) is 7.36. The molecule has 1 fully saturated rings. The Bertz CT molecular complexity index is 896. The first kappa shape index (κ1) is 21.3. The van der Waals surface area contributed by atoms with Crippen LogP contribution >= 0.6 is 15.9 Å². The molecule has 150 valence electrons. The third-order valence-corrected chi connectivity index (χ3v) is 8.15. The second-order valence-corrected chi connectivity index (χ2v) is 10.5. The van der Waals surface area contributed by atoms with Crippen LogP contribution in [0, 0.1) is 11.8 Å². The highest BCUT2D eigenvalue weighted by Crippen LogP contribution is 2.38. The summed E-state index contributed by atoms with van der Waals surface area (Å²) >= 11 is 3.45. The molecule has 0 saturated heterocycles. The molecule has 0 unspecified atom stereocenters. The van der Waals surface area contributed by atoms with E-state index in [0.717, 1.165) is 22.9 Å². The maximum Gasteiger partial charge on any atom is 0.0963 e. The molecule has 0 bridgehead atoms. The Kier molecular flexibility index (Phi) is 7.49. The van der Waals surface area contributed by atoms with Crippen LogP contribution in [0.3, 0.4) is 0 Å². The zero-order valence-electron chi connectivity index (χ0n) is 16.2. The van der Waals surface area contributed by atoms with Crippen molar-refractivity contribution in [3.05, 3.63) is 76.1 Å². The van der Waals surface area contributed by atoms with Crippen molar-refractivity contribution in [3.63, 3.8) is 0 Å². The van der Waals surface area contributed by atoms with Crippen LogP contribution in [0.1, 0.15) is 43.8 Å². The number of nitrogens with zero attached hydrogens (tertiary/aromatic N) is 1. The lowest BCUT2D eigenvalue weighted by molar-refractivity contribution is 0.0849. The van der Waals surface area contributed by atoms with E-state index in [0.29, 0.717) is 10.8 Å². The molecule has 3 atom stereocenters. The van der Waals surface area contributed by atoms with Crippen molar-refractivity contribution in [2.45, 2.75) is 43.1 Å². The Morgan fingerprint density at radius 1 is 1.07 bits per heavy atom. The minimum Gasteiger partial charge on any atom is -0.388 e. The fourth-order valence-corrected chi connectivity index (χ4v) is 5.67. The van der Waals surface area contributed by atoms with E-state index in [2.05, 4.69) is 20.3 Å². The molecule has 2 aromatic carbocycles. The first-order chi connectivity index (χ1) is 13.5. The monoisotopic (exact) mass is 461 g/mol. The van der Waals surface area contributed by atoms with Crippen LogP contribution in [0.15, 0.2) is 79.8 Å². The van der Waals surface area contributed by atoms with Crippen LogP contribution in [0.5, 0.6) is 0 Å². The maximum absolute atomic E-state index is 13.4. The third-order valence-electron chi connectivity index (χ3n) is 5.61. The summed E-state index contributed by atoms with van der Waals surface area (Å²) in [5, 5.41) is 12.9. The number of halogens is 1. The van der Waals surface area contributed by atoms with Gasteiger partial charge in [0.2, 0.25) is 0 Å². The van der Waals surface area contributed by atoms with Gasteiger partial charge in [-0.1, -0.05) is 71.6 Å². The van der Waals surface area contributed by atoms with Gasteiger partial charge in [0.1, 0.15) is 0 Å². The molecule has 1 aliphatic carbocycles. The molecular weight excluding hydrogens is 434 g/mol. The van der Waals surface area contributed by atoms with E-state index in [-0.39, 0.29) is 5.92 Å². The van der Waals surface area contributed by atoms with Crippen molar-refractivity contribution >= 4 is 25.7 Å².